The van der Waals surface area contributed by atoms with Gasteiger partial charge < -0.3 is 14.5 Å². The van der Waals surface area contributed by atoms with Crippen LogP contribution < -0.4 is 0 Å². The second-order valence-electron chi connectivity index (χ2n) is 5.43. The average molecular weight is 286 g/mol. The number of aliphatic hydroxyl groups is 1. The Labute approximate surface area is 123 Å². The van der Waals surface area contributed by atoms with Gasteiger partial charge in [-0.05, 0) is 25.3 Å². The third-order valence-electron chi connectivity index (χ3n) is 3.91. The third-order valence-corrected chi connectivity index (χ3v) is 3.91. The van der Waals surface area contributed by atoms with E-state index in [1.165, 1.54) is 0 Å². The quantitative estimate of drug-likeness (QED) is 0.934. The molecule has 1 fully saturated rings. The fraction of sp³-hybridized carbons (Fsp3) is 0.375. The minimum absolute atomic E-state index is 0.177. The monoisotopic (exact) mass is 286 g/mol. The number of nitrogens with zero attached hydrogens (tertiary/aromatic N) is 2. The van der Waals surface area contributed by atoms with E-state index in [0.717, 1.165) is 5.56 Å². The van der Waals surface area contributed by atoms with E-state index in [-0.39, 0.29) is 11.9 Å². The summed E-state index contributed by atoms with van der Waals surface area (Å²) in [5.74, 6) is 0.432. The summed E-state index contributed by atoms with van der Waals surface area (Å²) in [5.41, 5.74) is 1.41. The van der Waals surface area contributed by atoms with Gasteiger partial charge in [0.25, 0.3) is 5.91 Å². The highest BCUT2D eigenvalue weighted by molar-refractivity contribution is 5.92. The topological polar surface area (TPSA) is 66.6 Å². The van der Waals surface area contributed by atoms with Crippen LogP contribution in [0.4, 0.5) is 0 Å². The van der Waals surface area contributed by atoms with Crippen LogP contribution in [0.25, 0.3) is 0 Å². The zero-order valence-electron chi connectivity index (χ0n) is 11.9. The van der Waals surface area contributed by atoms with Gasteiger partial charge in [-0.3, -0.25) is 4.79 Å². The van der Waals surface area contributed by atoms with E-state index >= 15 is 0 Å². The number of amides is 1. The fourth-order valence-corrected chi connectivity index (χ4v) is 2.81. The van der Waals surface area contributed by atoms with Crippen molar-refractivity contribution >= 4 is 5.91 Å². The lowest BCUT2D eigenvalue weighted by Crippen LogP contribution is -2.41. The van der Waals surface area contributed by atoms with Gasteiger partial charge in [-0.15, -0.1) is 0 Å². The van der Waals surface area contributed by atoms with Crippen molar-refractivity contribution < 1.29 is 14.4 Å². The van der Waals surface area contributed by atoms with Crippen LogP contribution in [0.2, 0.25) is 0 Å². The van der Waals surface area contributed by atoms with Crippen LogP contribution in [-0.4, -0.2) is 39.8 Å². The Balaban J connectivity index is 1.79. The van der Waals surface area contributed by atoms with Gasteiger partial charge in [-0.25, -0.2) is 0 Å². The zero-order chi connectivity index (χ0) is 14.8. The predicted octanol–water partition coefficient (Wildman–Crippen LogP) is 1.80. The number of aliphatic hydroxyl groups excluding tert-OH is 1. The van der Waals surface area contributed by atoms with Crippen molar-refractivity contribution in [2.75, 3.05) is 6.54 Å². The first-order valence-corrected chi connectivity index (χ1v) is 7.11. The lowest BCUT2D eigenvalue weighted by molar-refractivity contribution is 0.0630. The van der Waals surface area contributed by atoms with E-state index in [4.69, 9.17) is 4.52 Å². The van der Waals surface area contributed by atoms with E-state index in [1.54, 1.807) is 17.9 Å². The zero-order valence-corrected chi connectivity index (χ0v) is 11.9. The summed E-state index contributed by atoms with van der Waals surface area (Å²) < 4.78 is 4.97. The van der Waals surface area contributed by atoms with Crippen molar-refractivity contribution in [2.45, 2.75) is 31.9 Å². The SMILES string of the molecule is Cc1cc(C(=O)N2CC[C@@H](O)[C@H]2Cc2ccccc2)no1. The Hall–Kier alpha value is -2.14. The second-order valence-corrected chi connectivity index (χ2v) is 5.43. The van der Waals surface area contributed by atoms with Crippen molar-refractivity contribution in [2.24, 2.45) is 0 Å². The van der Waals surface area contributed by atoms with Crippen LogP contribution in [0.5, 0.6) is 0 Å². The number of hydrogen-bond donors (Lipinski definition) is 1. The Morgan fingerprint density at radius 2 is 2.19 bits per heavy atom. The molecule has 1 aromatic heterocycles. The Kier molecular flexibility index (Phi) is 3.75. The summed E-state index contributed by atoms with van der Waals surface area (Å²) in [6, 6.07) is 11.3. The van der Waals surface area contributed by atoms with Gasteiger partial charge in [-0.2, -0.15) is 0 Å². The van der Waals surface area contributed by atoms with Crippen LogP contribution >= 0.6 is 0 Å². The van der Waals surface area contributed by atoms with Crippen molar-refractivity contribution in [3.05, 3.63) is 53.4 Å². The molecule has 1 aliphatic rings. The molecule has 5 heteroatoms. The maximum Gasteiger partial charge on any atom is 0.276 e. The molecule has 1 N–H and O–H groups in total. The predicted molar refractivity (Wildman–Crippen MR) is 76.8 cm³/mol. The molecule has 110 valence electrons. The molecule has 2 atom stereocenters. The number of aryl methyl sites for hydroxylation is 1. The molecule has 2 heterocycles. The summed E-state index contributed by atoms with van der Waals surface area (Å²) >= 11 is 0. The van der Waals surface area contributed by atoms with Gasteiger partial charge in [0.05, 0.1) is 12.1 Å². The molecule has 3 rings (SSSR count). The number of hydrogen-bond acceptors (Lipinski definition) is 4. The first-order chi connectivity index (χ1) is 10.1. The summed E-state index contributed by atoms with van der Waals surface area (Å²) in [7, 11) is 0. The van der Waals surface area contributed by atoms with Gasteiger partial charge in [0.1, 0.15) is 5.76 Å². The minimum Gasteiger partial charge on any atom is -0.391 e. The van der Waals surface area contributed by atoms with E-state index in [0.29, 0.717) is 30.8 Å². The van der Waals surface area contributed by atoms with Crippen LogP contribution in [0.1, 0.15) is 28.2 Å². The lowest BCUT2D eigenvalue weighted by Gasteiger charge is -2.25. The number of carbonyl (C=O) groups excluding carboxylic acids is 1. The largest absolute Gasteiger partial charge is 0.391 e. The van der Waals surface area contributed by atoms with Crippen molar-refractivity contribution in [1.82, 2.24) is 10.1 Å². The molecule has 5 nitrogen and oxygen atoms in total. The van der Waals surface area contributed by atoms with Crippen LogP contribution in [0.15, 0.2) is 40.9 Å². The molecule has 21 heavy (non-hydrogen) atoms. The number of aromatic nitrogens is 1. The molecule has 0 aliphatic carbocycles. The summed E-state index contributed by atoms with van der Waals surface area (Å²) in [5, 5.41) is 14.0. The Morgan fingerprint density at radius 3 is 2.86 bits per heavy atom. The number of carbonyl (C=O) groups is 1. The summed E-state index contributed by atoms with van der Waals surface area (Å²) in [6.07, 6.45) is 0.743. The van der Waals surface area contributed by atoms with Crippen LogP contribution in [0.3, 0.4) is 0 Å². The van der Waals surface area contributed by atoms with Crippen molar-refractivity contribution in [3.63, 3.8) is 0 Å². The van der Waals surface area contributed by atoms with Gasteiger partial charge in [0.2, 0.25) is 0 Å². The summed E-state index contributed by atoms with van der Waals surface area (Å²) in [4.78, 5) is 14.2. The number of benzene rings is 1. The molecule has 1 aromatic carbocycles. The molecule has 1 aliphatic heterocycles. The molecular weight excluding hydrogens is 268 g/mol. The molecular formula is C16H18N2O3. The Bertz CT molecular complexity index is 623. The summed E-state index contributed by atoms with van der Waals surface area (Å²) in [6.45, 7) is 2.30. The van der Waals surface area contributed by atoms with Gasteiger partial charge in [-0.1, -0.05) is 35.5 Å². The maximum absolute atomic E-state index is 12.5. The van der Waals surface area contributed by atoms with Crippen LogP contribution in [-0.2, 0) is 6.42 Å². The van der Waals surface area contributed by atoms with Gasteiger partial charge >= 0.3 is 0 Å². The molecule has 2 aromatic rings. The molecule has 1 saturated heterocycles. The van der Waals surface area contributed by atoms with E-state index in [2.05, 4.69) is 5.16 Å². The number of rotatable bonds is 3. The van der Waals surface area contributed by atoms with E-state index in [1.807, 2.05) is 30.3 Å². The smallest absolute Gasteiger partial charge is 0.276 e. The number of likely N-dealkylation sites (tertiary alicyclic amines) is 1. The second kappa shape index (κ2) is 5.69. The van der Waals surface area contributed by atoms with Crippen LogP contribution in [0, 0.1) is 6.92 Å². The molecule has 0 unspecified atom stereocenters. The highest BCUT2D eigenvalue weighted by atomic mass is 16.5. The molecule has 0 spiro atoms. The first-order valence-electron chi connectivity index (χ1n) is 7.11. The minimum atomic E-state index is -0.498. The molecule has 0 saturated carbocycles. The molecule has 1 amide bonds. The fourth-order valence-electron chi connectivity index (χ4n) is 2.81. The average Bonchev–Trinajstić information content (AvgIpc) is 3.07. The van der Waals surface area contributed by atoms with Crippen molar-refractivity contribution in [3.8, 4) is 0 Å². The third kappa shape index (κ3) is 2.83. The van der Waals surface area contributed by atoms with E-state index in [9.17, 15) is 9.90 Å². The highest BCUT2D eigenvalue weighted by Crippen LogP contribution is 2.24. The maximum atomic E-state index is 12.5. The molecule has 0 bridgehead atoms. The van der Waals surface area contributed by atoms with E-state index < -0.39 is 6.10 Å². The lowest BCUT2D eigenvalue weighted by atomic mass is 10.0. The van der Waals surface area contributed by atoms with Gasteiger partial charge in [0, 0.05) is 12.6 Å². The standard InChI is InChI=1S/C16H18N2O3/c1-11-9-13(17-21-11)16(20)18-8-7-15(19)14(18)10-12-5-3-2-4-6-12/h2-6,9,14-15,19H,7-8,10H2,1H3/t14-,15-/m1/s1. The van der Waals surface area contributed by atoms with Crippen molar-refractivity contribution in [1.29, 1.82) is 0 Å². The first kappa shape index (κ1) is 13.8. The molecule has 0 radical (unpaired) electrons. The normalized spacial score (nSPS) is 21.7. The Morgan fingerprint density at radius 1 is 1.43 bits per heavy atom. The van der Waals surface area contributed by atoms with Gasteiger partial charge in [0.15, 0.2) is 5.69 Å². The highest BCUT2D eigenvalue weighted by Gasteiger charge is 2.37.